The van der Waals surface area contributed by atoms with Crippen LogP contribution in [-0.2, 0) is 24.1 Å². The van der Waals surface area contributed by atoms with Crippen molar-refractivity contribution >= 4 is 0 Å². The number of rotatable bonds is 3. The lowest BCUT2D eigenvalue weighted by Crippen LogP contribution is -2.23. The summed E-state index contributed by atoms with van der Waals surface area (Å²) in [6.07, 6.45) is 4.23. The average Bonchev–Trinajstić information content (AvgIpc) is 3.01. The molecule has 2 N–H and O–H groups in total. The van der Waals surface area contributed by atoms with Gasteiger partial charge in [0.05, 0.1) is 11.7 Å². The highest BCUT2D eigenvalue weighted by Crippen LogP contribution is 2.53. The lowest BCUT2D eigenvalue weighted by atomic mass is 9.84. The molecule has 1 aromatic heterocycles. The van der Waals surface area contributed by atoms with E-state index in [0.717, 1.165) is 17.5 Å². The van der Waals surface area contributed by atoms with Gasteiger partial charge in [-0.25, -0.2) is 0 Å². The van der Waals surface area contributed by atoms with Gasteiger partial charge >= 0.3 is 0 Å². The Balaban J connectivity index is 2.05. The van der Waals surface area contributed by atoms with Gasteiger partial charge in [-0.2, -0.15) is 0 Å². The third-order valence-electron chi connectivity index (χ3n) is 4.10. The summed E-state index contributed by atoms with van der Waals surface area (Å²) in [6.45, 7) is 6.16. The SMILES string of the molecule is C=CCn1c(O)c2c(c1O)CC1(CC)OC1C2. The van der Waals surface area contributed by atoms with Gasteiger partial charge in [-0.15, -0.1) is 6.58 Å². The first-order valence-electron chi connectivity index (χ1n) is 6.04. The molecule has 17 heavy (non-hydrogen) atoms. The zero-order valence-corrected chi connectivity index (χ0v) is 9.94. The third-order valence-corrected chi connectivity index (χ3v) is 4.10. The molecule has 0 saturated carbocycles. The Morgan fingerprint density at radius 2 is 2.18 bits per heavy atom. The van der Waals surface area contributed by atoms with Gasteiger partial charge in [-0.1, -0.05) is 13.0 Å². The van der Waals surface area contributed by atoms with Crippen molar-refractivity contribution in [2.45, 2.75) is 44.4 Å². The van der Waals surface area contributed by atoms with Crippen molar-refractivity contribution in [1.82, 2.24) is 4.57 Å². The fourth-order valence-corrected chi connectivity index (χ4v) is 2.95. The maximum absolute atomic E-state index is 10.1. The van der Waals surface area contributed by atoms with Crippen molar-refractivity contribution in [2.24, 2.45) is 0 Å². The van der Waals surface area contributed by atoms with Crippen molar-refractivity contribution in [1.29, 1.82) is 0 Å². The molecule has 2 aliphatic rings. The molecular weight excluding hydrogens is 218 g/mol. The summed E-state index contributed by atoms with van der Waals surface area (Å²) in [7, 11) is 0. The Hall–Kier alpha value is -1.42. The predicted molar refractivity (Wildman–Crippen MR) is 63.3 cm³/mol. The second-order valence-corrected chi connectivity index (χ2v) is 4.91. The topological polar surface area (TPSA) is 57.9 Å². The molecule has 2 atom stereocenters. The van der Waals surface area contributed by atoms with Crippen LogP contribution in [0.1, 0.15) is 24.5 Å². The van der Waals surface area contributed by atoms with Gasteiger partial charge in [0.2, 0.25) is 0 Å². The summed E-state index contributed by atoms with van der Waals surface area (Å²) in [5.74, 6) is 0.330. The second kappa shape index (κ2) is 3.29. The van der Waals surface area contributed by atoms with Gasteiger partial charge in [0, 0.05) is 30.5 Å². The van der Waals surface area contributed by atoms with Crippen LogP contribution in [0.4, 0.5) is 0 Å². The van der Waals surface area contributed by atoms with E-state index in [1.165, 1.54) is 4.57 Å². The normalized spacial score (nSPS) is 29.6. The lowest BCUT2D eigenvalue weighted by molar-refractivity contribution is 0.284. The molecule has 1 fully saturated rings. The van der Waals surface area contributed by atoms with Crippen molar-refractivity contribution in [2.75, 3.05) is 0 Å². The van der Waals surface area contributed by atoms with Crippen molar-refractivity contribution in [3.05, 3.63) is 23.8 Å². The van der Waals surface area contributed by atoms with Crippen LogP contribution in [0.3, 0.4) is 0 Å². The summed E-state index contributed by atoms with van der Waals surface area (Å²) in [6, 6.07) is 0. The van der Waals surface area contributed by atoms with Gasteiger partial charge in [0.15, 0.2) is 11.8 Å². The Kier molecular flexibility index (Phi) is 2.08. The highest BCUT2D eigenvalue weighted by molar-refractivity contribution is 5.50. The summed E-state index contributed by atoms with van der Waals surface area (Å²) in [4.78, 5) is 0. The van der Waals surface area contributed by atoms with Crippen LogP contribution in [0.15, 0.2) is 12.7 Å². The molecule has 2 unspecified atom stereocenters. The zero-order valence-electron chi connectivity index (χ0n) is 9.94. The van der Waals surface area contributed by atoms with Crippen LogP contribution in [0, 0.1) is 0 Å². The van der Waals surface area contributed by atoms with E-state index in [4.69, 9.17) is 4.74 Å². The fraction of sp³-hybridized carbons (Fsp3) is 0.538. The second-order valence-electron chi connectivity index (χ2n) is 4.91. The molecule has 0 spiro atoms. The number of aromatic hydroxyl groups is 2. The van der Waals surface area contributed by atoms with E-state index in [1.54, 1.807) is 6.08 Å². The van der Waals surface area contributed by atoms with Crippen LogP contribution in [0.2, 0.25) is 0 Å². The molecule has 4 nitrogen and oxygen atoms in total. The van der Waals surface area contributed by atoms with Crippen LogP contribution in [-0.4, -0.2) is 26.5 Å². The fourth-order valence-electron chi connectivity index (χ4n) is 2.95. The van der Waals surface area contributed by atoms with Gasteiger partial charge in [0.1, 0.15) is 0 Å². The lowest BCUT2D eigenvalue weighted by Gasteiger charge is -2.15. The number of allylic oxidation sites excluding steroid dienone is 1. The molecular formula is C13H17NO3. The summed E-state index contributed by atoms with van der Waals surface area (Å²) < 4.78 is 7.22. The summed E-state index contributed by atoms with van der Waals surface area (Å²) >= 11 is 0. The first-order valence-corrected chi connectivity index (χ1v) is 6.04. The largest absolute Gasteiger partial charge is 0.494 e. The van der Waals surface area contributed by atoms with Crippen molar-refractivity contribution in [3.63, 3.8) is 0 Å². The van der Waals surface area contributed by atoms with Crippen LogP contribution >= 0.6 is 0 Å². The quantitative estimate of drug-likeness (QED) is 0.619. The van der Waals surface area contributed by atoms with Gasteiger partial charge in [0.25, 0.3) is 0 Å². The van der Waals surface area contributed by atoms with Crippen molar-refractivity contribution in [3.8, 4) is 11.8 Å². The Morgan fingerprint density at radius 3 is 2.82 bits per heavy atom. The predicted octanol–water partition coefficient (Wildman–Crippen LogP) is 1.73. The maximum Gasteiger partial charge on any atom is 0.197 e. The van der Waals surface area contributed by atoms with Crippen LogP contribution in [0.25, 0.3) is 0 Å². The van der Waals surface area contributed by atoms with Gasteiger partial charge < -0.3 is 14.9 Å². The van der Waals surface area contributed by atoms with Gasteiger partial charge in [-0.3, -0.25) is 4.57 Å². The Labute approximate surface area is 100 Å². The van der Waals surface area contributed by atoms with Crippen LogP contribution < -0.4 is 0 Å². The smallest absolute Gasteiger partial charge is 0.197 e. The number of hydrogen-bond acceptors (Lipinski definition) is 3. The molecule has 1 aliphatic carbocycles. The Morgan fingerprint density at radius 1 is 1.47 bits per heavy atom. The van der Waals surface area contributed by atoms with Crippen molar-refractivity contribution < 1.29 is 14.9 Å². The molecule has 1 aromatic rings. The molecule has 4 heteroatoms. The number of aromatic nitrogens is 1. The number of epoxide rings is 1. The van der Waals surface area contributed by atoms with E-state index < -0.39 is 0 Å². The van der Waals surface area contributed by atoms with Crippen LogP contribution in [0.5, 0.6) is 11.8 Å². The summed E-state index contributed by atoms with van der Waals surface area (Å²) in [5.41, 5.74) is 1.60. The minimum Gasteiger partial charge on any atom is -0.494 e. The molecule has 1 aliphatic heterocycles. The average molecular weight is 235 g/mol. The number of nitrogens with zero attached hydrogens (tertiary/aromatic N) is 1. The minimum absolute atomic E-state index is 0.0860. The van der Waals surface area contributed by atoms with E-state index in [0.29, 0.717) is 19.4 Å². The molecule has 0 bridgehead atoms. The molecule has 0 radical (unpaired) electrons. The molecule has 0 amide bonds. The number of ether oxygens (including phenoxy) is 1. The van der Waals surface area contributed by atoms with E-state index in [1.807, 2.05) is 0 Å². The van der Waals surface area contributed by atoms with E-state index in [9.17, 15) is 10.2 Å². The van der Waals surface area contributed by atoms with E-state index in [2.05, 4.69) is 13.5 Å². The third kappa shape index (κ3) is 1.27. The highest BCUT2D eigenvalue weighted by Gasteiger charge is 2.58. The monoisotopic (exact) mass is 235 g/mol. The standard InChI is InChI=1S/C13H17NO3/c1-3-5-14-11(15)8-6-10-13(4-2,17-10)7-9(8)12(14)16/h3,10,15-16H,1,4-7H2,2H3. The maximum atomic E-state index is 10.1. The molecule has 1 saturated heterocycles. The molecule has 0 aromatic carbocycles. The van der Waals surface area contributed by atoms with E-state index >= 15 is 0 Å². The Bertz CT molecular complexity index is 491. The summed E-state index contributed by atoms with van der Waals surface area (Å²) in [5, 5.41) is 20.2. The number of fused-ring (bicyclic) bond motifs is 2. The highest BCUT2D eigenvalue weighted by atomic mass is 16.6. The number of hydrogen-bond donors (Lipinski definition) is 2. The molecule has 2 heterocycles. The molecule has 3 rings (SSSR count). The zero-order chi connectivity index (χ0) is 12.2. The first-order chi connectivity index (χ1) is 8.13. The minimum atomic E-state index is -0.0860. The van der Waals surface area contributed by atoms with E-state index in [-0.39, 0.29) is 23.5 Å². The first kappa shape index (κ1) is 10.7. The van der Waals surface area contributed by atoms with Gasteiger partial charge in [-0.05, 0) is 6.42 Å². The molecule has 92 valence electrons.